The lowest BCUT2D eigenvalue weighted by atomic mass is 9.41. The number of hydrogen-bond acceptors (Lipinski definition) is 7. The molecular formula is C21H21F3N6O4. The van der Waals surface area contributed by atoms with Crippen LogP contribution in [0.25, 0.3) is 5.65 Å². The largest absolute Gasteiger partial charge is 0.469 e. The Labute approximate surface area is 190 Å². The molecule has 180 valence electrons. The zero-order chi connectivity index (χ0) is 23.9. The van der Waals surface area contributed by atoms with Gasteiger partial charge in [0.25, 0.3) is 18.2 Å². The van der Waals surface area contributed by atoms with Crippen LogP contribution in [0.2, 0.25) is 0 Å². The van der Waals surface area contributed by atoms with Gasteiger partial charge in [0.15, 0.2) is 12.3 Å². The van der Waals surface area contributed by atoms with Gasteiger partial charge in [-0.1, -0.05) is 0 Å². The van der Waals surface area contributed by atoms with Gasteiger partial charge in [-0.05, 0) is 41.5 Å². The number of ether oxygens (including phenoxy) is 1. The molecule has 2 bridgehead atoms. The fraction of sp³-hybridized carbons (Fsp3) is 0.476. The number of rotatable bonds is 10. The Hall–Kier alpha value is -3.64. The zero-order valence-corrected chi connectivity index (χ0v) is 17.9. The summed E-state index contributed by atoms with van der Waals surface area (Å²) in [5, 5.41) is 13.1. The molecule has 3 aliphatic rings. The Bertz CT molecular complexity index is 1220. The van der Waals surface area contributed by atoms with Crippen LogP contribution >= 0.6 is 0 Å². The van der Waals surface area contributed by atoms with Crippen LogP contribution in [0.4, 0.5) is 13.2 Å². The first-order valence-electron chi connectivity index (χ1n) is 10.6. The molecule has 0 aromatic carbocycles. The molecule has 6 rings (SSSR count). The molecule has 3 aromatic heterocycles. The van der Waals surface area contributed by atoms with Crippen molar-refractivity contribution in [3.05, 3.63) is 41.5 Å². The molecule has 2 N–H and O–H groups in total. The third kappa shape index (κ3) is 4.41. The van der Waals surface area contributed by atoms with Crippen molar-refractivity contribution < 1.29 is 32.0 Å². The van der Waals surface area contributed by atoms with Crippen molar-refractivity contribution in [3.8, 4) is 5.88 Å². The van der Waals surface area contributed by atoms with Gasteiger partial charge in [-0.2, -0.15) is 5.10 Å². The van der Waals surface area contributed by atoms with Gasteiger partial charge in [0.1, 0.15) is 17.5 Å². The average molecular weight is 478 g/mol. The van der Waals surface area contributed by atoms with E-state index in [0.29, 0.717) is 37.0 Å². The molecule has 0 unspecified atom stereocenters. The molecule has 3 heterocycles. The summed E-state index contributed by atoms with van der Waals surface area (Å²) >= 11 is 0. The smallest absolute Gasteiger partial charge is 0.272 e. The second kappa shape index (κ2) is 8.29. The molecule has 34 heavy (non-hydrogen) atoms. The van der Waals surface area contributed by atoms with Crippen molar-refractivity contribution >= 4 is 17.5 Å². The maximum Gasteiger partial charge on any atom is 0.272 e. The first kappa shape index (κ1) is 22.2. The Morgan fingerprint density at radius 3 is 2.76 bits per heavy atom. The van der Waals surface area contributed by atoms with Crippen LogP contribution < -0.4 is 15.4 Å². The molecule has 10 nitrogen and oxygen atoms in total. The van der Waals surface area contributed by atoms with E-state index in [4.69, 9.17) is 4.74 Å². The van der Waals surface area contributed by atoms with Crippen molar-refractivity contribution in [1.29, 1.82) is 0 Å². The second-order valence-electron chi connectivity index (χ2n) is 8.95. The standard InChI is InChI=1S/C21H21F3N6O4/c22-15(23)8-33-19-14(7-34-29-19)18(32)26-5-13-6-30-16(28-13)1-12(4-27-30)3-25-17(31)2-20-9-21(24,10-20)11-20/h1,4,6-7,15H,2-3,5,8-11H2,(H,25,31)(H,26,32). The third-order valence-electron chi connectivity index (χ3n) is 6.08. The Kier molecular flexibility index (Phi) is 5.41. The van der Waals surface area contributed by atoms with E-state index in [0.717, 1.165) is 11.8 Å². The topological polar surface area (TPSA) is 124 Å². The fourth-order valence-corrected chi connectivity index (χ4v) is 4.69. The van der Waals surface area contributed by atoms with E-state index < -0.39 is 24.6 Å². The van der Waals surface area contributed by atoms with Gasteiger partial charge in [0.2, 0.25) is 5.91 Å². The first-order valence-corrected chi connectivity index (χ1v) is 10.6. The van der Waals surface area contributed by atoms with E-state index in [9.17, 15) is 22.8 Å². The fourth-order valence-electron chi connectivity index (χ4n) is 4.69. The molecule has 3 fully saturated rings. The highest BCUT2D eigenvalue weighted by Crippen LogP contribution is 2.71. The summed E-state index contributed by atoms with van der Waals surface area (Å²) in [4.78, 5) is 28.9. The number of amides is 2. The van der Waals surface area contributed by atoms with Gasteiger partial charge >= 0.3 is 0 Å². The van der Waals surface area contributed by atoms with Crippen LogP contribution in [0.5, 0.6) is 5.88 Å². The number of nitrogens with one attached hydrogen (secondary N) is 2. The minimum atomic E-state index is -2.71. The Morgan fingerprint density at radius 1 is 1.24 bits per heavy atom. The van der Waals surface area contributed by atoms with E-state index in [2.05, 4.69) is 30.4 Å². The molecular weight excluding hydrogens is 457 g/mol. The van der Waals surface area contributed by atoms with Gasteiger partial charge in [0, 0.05) is 13.0 Å². The number of fused-ring (bicyclic) bond motifs is 1. The van der Waals surface area contributed by atoms with E-state index in [1.165, 1.54) is 4.52 Å². The van der Waals surface area contributed by atoms with Crippen LogP contribution in [0.1, 0.15) is 47.3 Å². The Balaban J connectivity index is 1.14. The predicted molar refractivity (Wildman–Crippen MR) is 109 cm³/mol. The minimum absolute atomic E-state index is 0.0336. The number of carbonyl (C=O) groups excluding carboxylic acids is 2. The summed E-state index contributed by atoms with van der Waals surface area (Å²) in [5.74, 6) is -1.06. The molecule has 13 heteroatoms. The number of hydrogen-bond donors (Lipinski definition) is 2. The molecule has 3 saturated carbocycles. The van der Waals surface area contributed by atoms with E-state index in [1.54, 1.807) is 18.5 Å². The van der Waals surface area contributed by atoms with Crippen molar-refractivity contribution in [1.82, 2.24) is 30.4 Å². The second-order valence-corrected chi connectivity index (χ2v) is 8.95. The zero-order valence-electron chi connectivity index (χ0n) is 17.9. The molecule has 2 amide bonds. The lowest BCUT2D eigenvalue weighted by Crippen LogP contribution is -2.65. The molecule has 3 aromatic rings. The molecule has 0 spiro atoms. The summed E-state index contributed by atoms with van der Waals surface area (Å²) in [5.41, 5.74) is 0.477. The summed E-state index contributed by atoms with van der Waals surface area (Å²) < 4.78 is 49.1. The number of aromatic nitrogens is 4. The normalized spacial score (nSPS) is 22.8. The quantitative estimate of drug-likeness (QED) is 0.458. The molecule has 3 aliphatic carbocycles. The SMILES string of the molecule is O=C(CC12CC(F)(C1)C2)NCc1cnn2cc(CNC(=O)c3conc3OCC(F)F)nc2c1. The molecule has 0 atom stereocenters. The number of alkyl halides is 3. The van der Waals surface area contributed by atoms with Gasteiger partial charge in [-0.25, -0.2) is 22.7 Å². The van der Waals surface area contributed by atoms with Gasteiger partial charge in [-0.3, -0.25) is 9.59 Å². The van der Waals surface area contributed by atoms with Crippen LogP contribution in [-0.4, -0.2) is 50.3 Å². The van der Waals surface area contributed by atoms with E-state index >= 15 is 0 Å². The maximum atomic E-state index is 13.6. The predicted octanol–water partition coefficient (Wildman–Crippen LogP) is 2.19. The number of imidazole rings is 1. The van der Waals surface area contributed by atoms with Crippen molar-refractivity contribution in [2.45, 2.75) is 50.9 Å². The summed E-state index contributed by atoms with van der Waals surface area (Å²) in [6.45, 7) is -0.605. The maximum absolute atomic E-state index is 13.6. The van der Waals surface area contributed by atoms with Gasteiger partial charge < -0.3 is 19.9 Å². The van der Waals surface area contributed by atoms with Crippen molar-refractivity contribution in [2.24, 2.45) is 5.41 Å². The number of halogens is 3. The highest BCUT2D eigenvalue weighted by molar-refractivity contribution is 5.95. The minimum Gasteiger partial charge on any atom is -0.469 e. The Morgan fingerprint density at radius 2 is 2.03 bits per heavy atom. The molecule has 0 radical (unpaired) electrons. The first-order chi connectivity index (χ1) is 16.2. The third-order valence-corrected chi connectivity index (χ3v) is 6.08. The van der Waals surface area contributed by atoms with Crippen molar-refractivity contribution in [2.75, 3.05) is 6.61 Å². The van der Waals surface area contributed by atoms with Crippen LogP contribution in [0.15, 0.2) is 29.2 Å². The highest BCUT2D eigenvalue weighted by atomic mass is 19.3. The molecule has 0 saturated heterocycles. The van der Waals surface area contributed by atoms with E-state index in [1.807, 2.05) is 0 Å². The van der Waals surface area contributed by atoms with E-state index in [-0.39, 0.29) is 35.9 Å². The highest BCUT2D eigenvalue weighted by Gasteiger charge is 2.69. The summed E-state index contributed by atoms with van der Waals surface area (Å²) in [7, 11) is 0. The summed E-state index contributed by atoms with van der Waals surface area (Å²) in [6, 6.07) is 1.76. The number of nitrogens with zero attached hydrogens (tertiary/aromatic N) is 4. The van der Waals surface area contributed by atoms with Crippen molar-refractivity contribution in [3.63, 3.8) is 0 Å². The molecule has 0 aliphatic heterocycles. The van der Waals surface area contributed by atoms with Crippen LogP contribution in [0.3, 0.4) is 0 Å². The monoisotopic (exact) mass is 478 g/mol. The lowest BCUT2D eigenvalue weighted by molar-refractivity contribution is -0.215. The van der Waals surface area contributed by atoms with Crippen LogP contribution in [0, 0.1) is 5.41 Å². The van der Waals surface area contributed by atoms with Gasteiger partial charge in [0.05, 0.1) is 24.6 Å². The van der Waals surface area contributed by atoms with Crippen LogP contribution in [-0.2, 0) is 17.9 Å². The van der Waals surface area contributed by atoms with Gasteiger partial charge in [-0.15, -0.1) is 0 Å². The number of carbonyl (C=O) groups is 2. The average Bonchev–Trinajstić information content (AvgIpc) is 3.38. The lowest BCUT2D eigenvalue weighted by Gasteiger charge is -2.65. The summed E-state index contributed by atoms with van der Waals surface area (Å²) in [6.07, 6.45) is 3.29.